The summed E-state index contributed by atoms with van der Waals surface area (Å²) in [6.07, 6.45) is 0.443. The van der Waals surface area contributed by atoms with Gasteiger partial charge in [-0.25, -0.2) is 0 Å². The Bertz CT molecular complexity index is 450. The first-order valence-electron chi connectivity index (χ1n) is 5.80. The predicted molar refractivity (Wildman–Crippen MR) is 77.2 cm³/mol. The molecule has 1 aromatic rings. The highest BCUT2D eigenvalue weighted by atomic mass is 79.9. The van der Waals surface area contributed by atoms with Gasteiger partial charge < -0.3 is 10.2 Å². The van der Waals surface area contributed by atoms with E-state index < -0.39 is 0 Å². The Morgan fingerprint density at radius 1 is 1.29 bits per heavy atom. The molecule has 3 rings (SSSR count). The van der Waals surface area contributed by atoms with Gasteiger partial charge in [0.05, 0.1) is 11.9 Å². The number of hydrogen-bond acceptors (Lipinski definition) is 3. The fraction of sp³-hybridized carbons (Fsp3) is 0.500. The molecule has 1 atom stereocenters. The Labute approximate surface area is 118 Å². The van der Waals surface area contributed by atoms with Gasteiger partial charge in [0.1, 0.15) is 0 Å². The Balaban J connectivity index is 1.94. The molecule has 1 saturated heterocycles. The molecule has 0 spiro atoms. The van der Waals surface area contributed by atoms with Crippen LogP contribution < -0.4 is 5.32 Å². The Kier molecular flexibility index (Phi) is 3.19. The van der Waals surface area contributed by atoms with E-state index in [0.717, 1.165) is 35.1 Å². The minimum Gasteiger partial charge on any atom is -0.367 e. The molecule has 1 fully saturated rings. The van der Waals surface area contributed by atoms with Crippen molar-refractivity contribution in [2.45, 2.75) is 12.7 Å². The number of likely N-dealkylation sites (N-methyl/N-ethyl adjacent to an activating group) is 1. The molecule has 0 radical (unpaired) electrons. The normalized spacial score (nSPS) is 25.0. The van der Waals surface area contributed by atoms with Crippen molar-refractivity contribution in [2.24, 2.45) is 0 Å². The topological polar surface area (TPSA) is 18.5 Å². The van der Waals surface area contributed by atoms with Crippen LogP contribution in [0, 0.1) is 0 Å². The van der Waals surface area contributed by atoms with Crippen LogP contribution in [-0.4, -0.2) is 42.6 Å². The van der Waals surface area contributed by atoms with Crippen molar-refractivity contribution in [3.63, 3.8) is 0 Å². The number of nitrogens with zero attached hydrogens (tertiary/aromatic N) is 2. The maximum Gasteiger partial charge on any atom is 0.0927 e. The van der Waals surface area contributed by atoms with Crippen molar-refractivity contribution >= 4 is 37.5 Å². The van der Waals surface area contributed by atoms with Gasteiger partial charge in [-0.2, -0.15) is 0 Å². The molecule has 17 heavy (non-hydrogen) atoms. The molecule has 1 N–H and O–H groups in total. The van der Waals surface area contributed by atoms with Gasteiger partial charge in [-0.1, -0.05) is 15.9 Å². The van der Waals surface area contributed by atoms with Crippen LogP contribution in [0.2, 0.25) is 0 Å². The van der Waals surface area contributed by atoms with Crippen LogP contribution in [0.25, 0.3) is 0 Å². The largest absolute Gasteiger partial charge is 0.367 e. The van der Waals surface area contributed by atoms with Gasteiger partial charge in [0.2, 0.25) is 0 Å². The molecule has 5 heteroatoms. The molecule has 0 aromatic heterocycles. The number of rotatable bonds is 0. The van der Waals surface area contributed by atoms with Crippen LogP contribution in [-0.2, 0) is 6.54 Å². The van der Waals surface area contributed by atoms with Gasteiger partial charge in [0.15, 0.2) is 0 Å². The Morgan fingerprint density at radius 3 is 2.94 bits per heavy atom. The van der Waals surface area contributed by atoms with E-state index in [1.807, 2.05) is 0 Å². The highest BCUT2D eigenvalue weighted by molar-refractivity contribution is 9.11. The molecule has 1 unspecified atom stereocenters. The van der Waals surface area contributed by atoms with Gasteiger partial charge >= 0.3 is 0 Å². The summed E-state index contributed by atoms with van der Waals surface area (Å²) in [6, 6.07) is 4.32. The first-order valence-corrected chi connectivity index (χ1v) is 7.39. The second-order valence-corrected chi connectivity index (χ2v) is 6.58. The third kappa shape index (κ3) is 2.26. The highest BCUT2D eigenvalue weighted by Crippen LogP contribution is 2.35. The van der Waals surface area contributed by atoms with Gasteiger partial charge in [-0.05, 0) is 40.7 Å². The summed E-state index contributed by atoms with van der Waals surface area (Å²) >= 11 is 7.19. The van der Waals surface area contributed by atoms with E-state index in [1.54, 1.807) is 0 Å². The monoisotopic (exact) mass is 359 g/mol. The first kappa shape index (κ1) is 12.0. The first-order chi connectivity index (χ1) is 8.13. The van der Waals surface area contributed by atoms with Crippen molar-refractivity contribution < 1.29 is 0 Å². The molecule has 3 nitrogen and oxygen atoms in total. The standard InChI is InChI=1S/C12H15Br2N3/c1-16-2-3-17-6-8-4-9(13)5-10(14)12(8)15-11(17)7-16/h4-5,11,15H,2-3,6-7H2,1H3. The minimum atomic E-state index is 0.443. The molecule has 92 valence electrons. The van der Waals surface area contributed by atoms with Crippen LogP contribution in [0.5, 0.6) is 0 Å². The van der Waals surface area contributed by atoms with Crippen molar-refractivity contribution in [3.05, 3.63) is 26.6 Å². The van der Waals surface area contributed by atoms with Crippen LogP contribution in [0.3, 0.4) is 0 Å². The van der Waals surface area contributed by atoms with Gasteiger partial charge in [0, 0.05) is 35.1 Å². The van der Waals surface area contributed by atoms with Crippen molar-refractivity contribution in [1.82, 2.24) is 9.80 Å². The average molecular weight is 361 g/mol. The van der Waals surface area contributed by atoms with Gasteiger partial charge in [-0.3, -0.25) is 4.90 Å². The summed E-state index contributed by atoms with van der Waals surface area (Å²) in [4.78, 5) is 4.90. The fourth-order valence-corrected chi connectivity index (χ4v) is 4.01. The minimum absolute atomic E-state index is 0.443. The Morgan fingerprint density at radius 2 is 2.12 bits per heavy atom. The lowest BCUT2D eigenvalue weighted by molar-refractivity contribution is 0.0932. The van der Waals surface area contributed by atoms with Crippen LogP contribution in [0.15, 0.2) is 21.1 Å². The Hall–Kier alpha value is -0.100. The van der Waals surface area contributed by atoms with Crippen LogP contribution in [0.4, 0.5) is 5.69 Å². The average Bonchev–Trinajstić information content (AvgIpc) is 2.27. The molecule has 1 aromatic carbocycles. The lowest BCUT2D eigenvalue weighted by Gasteiger charge is -2.44. The third-order valence-corrected chi connectivity index (χ3v) is 4.60. The smallest absolute Gasteiger partial charge is 0.0927 e. The molecule has 0 amide bonds. The molecule has 2 aliphatic heterocycles. The number of nitrogens with one attached hydrogen (secondary N) is 1. The highest BCUT2D eigenvalue weighted by Gasteiger charge is 2.30. The maximum absolute atomic E-state index is 3.64. The molecular weight excluding hydrogens is 346 g/mol. The lowest BCUT2D eigenvalue weighted by atomic mass is 10.1. The van der Waals surface area contributed by atoms with Crippen molar-refractivity contribution in [1.29, 1.82) is 0 Å². The van der Waals surface area contributed by atoms with Crippen molar-refractivity contribution in [2.75, 3.05) is 32.0 Å². The second kappa shape index (κ2) is 4.53. The lowest BCUT2D eigenvalue weighted by Crippen LogP contribution is -2.56. The second-order valence-electron chi connectivity index (χ2n) is 4.81. The third-order valence-electron chi connectivity index (χ3n) is 3.52. The van der Waals surface area contributed by atoms with Gasteiger partial charge in [0.25, 0.3) is 0 Å². The molecule has 2 aliphatic rings. The summed E-state index contributed by atoms with van der Waals surface area (Å²) in [5.41, 5.74) is 2.62. The number of halogens is 2. The van der Waals surface area contributed by atoms with E-state index in [2.05, 4.69) is 66.2 Å². The fourth-order valence-electron chi connectivity index (χ4n) is 2.58. The van der Waals surface area contributed by atoms with E-state index in [4.69, 9.17) is 0 Å². The molecular formula is C12H15Br2N3. The summed E-state index contributed by atoms with van der Waals surface area (Å²) < 4.78 is 2.28. The SMILES string of the molecule is CN1CCN2Cc3cc(Br)cc(Br)c3NC2C1. The number of fused-ring (bicyclic) bond motifs is 2. The van der Waals surface area contributed by atoms with E-state index in [0.29, 0.717) is 6.17 Å². The summed E-state index contributed by atoms with van der Waals surface area (Å²) in [5, 5.41) is 3.64. The van der Waals surface area contributed by atoms with Gasteiger partial charge in [-0.15, -0.1) is 0 Å². The number of hydrogen-bond donors (Lipinski definition) is 1. The number of benzene rings is 1. The zero-order chi connectivity index (χ0) is 12.0. The van der Waals surface area contributed by atoms with Crippen molar-refractivity contribution in [3.8, 4) is 0 Å². The van der Waals surface area contributed by atoms with E-state index in [1.165, 1.54) is 11.3 Å². The summed E-state index contributed by atoms with van der Waals surface area (Å²) in [5.74, 6) is 0. The molecule has 0 saturated carbocycles. The van der Waals surface area contributed by atoms with E-state index >= 15 is 0 Å². The quantitative estimate of drug-likeness (QED) is 0.767. The molecule has 2 heterocycles. The summed E-state index contributed by atoms with van der Waals surface area (Å²) in [6.45, 7) is 4.42. The zero-order valence-electron chi connectivity index (χ0n) is 9.71. The molecule has 0 bridgehead atoms. The zero-order valence-corrected chi connectivity index (χ0v) is 12.9. The van der Waals surface area contributed by atoms with E-state index in [9.17, 15) is 0 Å². The maximum atomic E-state index is 3.64. The predicted octanol–water partition coefficient (Wildman–Crippen LogP) is 2.71. The van der Waals surface area contributed by atoms with Crippen LogP contribution >= 0.6 is 31.9 Å². The molecule has 0 aliphatic carbocycles. The van der Waals surface area contributed by atoms with E-state index in [-0.39, 0.29) is 0 Å². The number of piperazine rings is 1. The summed E-state index contributed by atoms with van der Waals surface area (Å²) in [7, 11) is 2.19. The number of anilines is 1. The van der Waals surface area contributed by atoms with Crippen LogP contribution in [0.1, 0.15) is 5.56 Å².